The van der Waals surface area contributed by atoms with Crippen LogP contribution in [0.5, 0.6) is 0 Å². The summed E-state index contributed by atoms with van der Waals surface area (Å²) in [4.78, 5) is 11.1. The Morgan fingerprint density at radius 2 is 1.45 bits per heavy atom. The number of alkyl halides is 6. The maximum atomic E-state index is 12.7. The normalized spacial score (nSPS) is 16.1. The van der Waals surface area contributed by atoms with Gasteiger partial charge in [0.05, 0.1) is 16.7 Å². The van der Waals surface area contributed by atoms with Gasteiger partial charge in [0.1, 0.15) is 6.61 Å². The maximum Gasteiger partial charge on any atom is 0.416 e. The van der Waals surface area contributed by atoms with Crippen molar-refractivity contribution in [3.63, 3.8) is 0 Å². The lowest BCUT2D eigenvalue weighted by molar-refractivity contribution is -0.143. The van der Waals surface area contributed by atoms with E-state index in [0.717, 1.165) is 12.2 Å². The van der Waals surface area contributed by atoms with Crippen LogP contribution in [-0.2, 0) is 21.9 Å². The Hall–Kier alpha value is -2.25. The van der Waals surface area contributed by atoms with Gasteiger partial charge < -0.3 is 4.74 Å². The molecule has 8 heteroatoms. The van der Waals surface area contributed by atoms with Crippen LogP contribution in [0.4, 0.5) is 26.3 Å². The van der Waals surface area contributed by atoms with Crippen LogP contribution < -0.4 is 0 Å². The van der Waals surface area contributed by atoms with Crippen LogP contribution in [0.15, 0.2) is 35.9 Å². The topological polar surface area (TPSA) is 26.3 Å². The highest BCUT2D eigenvalue weighted by molar-refractivity contribution is 5.94. The highest BCUT2D eigenvalue weighted by Crippen LogP contribution is 2.36. The first-order chi connectivity index (χ1) is 10.1. The van der Waals surface area contributed by atoms with E-state index in [1.165, 1.54) is 6.08 Å². The van der Waals surface area contributed by atoms with Crippen LogP contribution in [-0.4, -0.2) is 12.6 Å². The lowest BCUT2D eigenvalue weighted by atomic mass is 10.0. The van der Waals surface area contributed by atoms with Gasteiger partial charge in [0, 0.05) is 0 Å². The molecule has 22 heavy (non-hydrogen) atoms. The van der Waals surface area contributed by atoms with Crippen molar-refractivity contribution < 1.29 is 35.9 Å². The average molecular weight is 322 g/mol. The second kappa shape index (κ2) is 5.51. The molecule has 2 rings (SSSR count). The lowest BCUT2D eigenvalue weighted by Crippen LogP contribution is -2.11. The summed E-state index contributed by atoms with van der Waals surface area (Å²) in [5.41, 5.74) is -3.07. The number of carbonyl (C=O) groups is 1. The van der Waals surface area contributed by atoms with Crippen molar-refractivity contribution in [1.29, 1.82) is 0 Å². The molecule has 1 heterocycles. The molecule has 1 aromatic rings. The van der Waals surface area contributed by atoms with Gasteiger partial charge in [-0.15, -0.1) is 0 Å². The lowest BCUT2D eigenvalue weighted by Gasteiger charge is -2.12. The van der Waals surface area contributed by atoms with Crippen LogP contribution >= 0.6 is 0 Å². The summed E-state index contributed by atoms with van der Waals surface area (Å²) in [5.74, 6) is -0.681. The van der Waals surface area contributed by atoms with E-state index in [0.29, 0.717) is 12.1 Å². The van der Waals surface area contributed by atoms with Gasteiger partial charge >= 0.3 is 18.3 Å². The molecular formula is C14H8F6O2. The van der Waals surface area contributed by atoms with Gasteiger partial charge in [0.25, 0.3) is 0 Å². The van der Waals surface area contributed by atoms with E-state index < -0.39 is 29.4 Å². The molecule has 1 aromatic carbocycles. The van der Waals surface area contributed by atoms with Crippen molar-refractivity contribution in [2.45, 2.75) is 12.4 Å². The molecule has 0 N–H and O–H groups in total. The van der Waals surface area contributed by atoms with Crippen molar-refractivity contribution in [3.05, 3.63) is 52.6 Å². The molecule has 0 saturated heterocycles. The van der Waals surface area contributed by atoms with E-state index >= 15 is 0 Å². The second-order valence-corrected chi connectivity index (χ2v) is 4.43. The first-order valence-corrected chi connectivity index (χ1v) is 5.92. The van der Waals surface area contributed by atoms with Crippen molar-refractivity contribution in [2.75, 3.05) is 6.61 Å². The summed E-state index contributed by atoms with van der Waals surface area (Å²) >= 11 is 0. The van der Waals surface area contributed by atoms with E-state index in [-0.39, 0.29) is 23.8 Å². The van der Waals surface area contributed by atoms with Crippen LogP contribution in [0, 0.1) is 0 Å². The number of hydrogen-bond donors (Lipinski definition) is 0. The van der Waals surface area contributed by atoms with Crippen LogP contribution in [0.1, 0.15) is 16.7 Å². The predicted octanol–water partition coefficient (Wildman–Crippen LogP) is 4.22. The number of esters is 1. The number of benzene rings is 1. The summed E-state index contributed by atoms with van der Waals surface area (Å²) in [6.45, 7) is 0.0227. The summed E-state index contributed by atoms with van der Waals surface area (Å²) < 4.78 is 80.5. The number of cyclic esters (lactones) is 1. The SMILES string of the molecule is O=C1OCC=C1C=Cc1cc(C(F)(F)F)cc(C(F)(F)F)c1. The summed E-state index contributed by atoms with van der Waals surface area (Å²) in [6.07, 6.45) is -6.32. The van der Waals surface area contributed by atoms with E-state index in [9.17, 15) is 31.1 Å². The fourth-order valence-electron chi connectivity index (χ4n) is 1.77. The Morgan fingerprint density at radius 3 is 1.86 bits per heavy atom. The molecule has 0 unspecified atom stereocenters. The Labute approximate surface area is 120 Å². The van der Waals surface area contributed by atoms with E-state index in [2.05, 4.69) is 4.74 Å². The van der Waals surface area contributed by atoms with Crippen molar-refractivity contribution >= 4 is 12.0 Å². The van der Waals surface area contributed by atoms with E-state index in [1.807, 2.05) is 0 Å². The Balaban J connectivity index is 2.42. The van der Waals surface area contributed by atoms with Crippen molar-refractivity contribution in [2.24, 2.45) is 0 Å². The molecule has 0 aromatic heterocycles. The molecule has 0 bridgehead atoms. The predicted molar refractivity (Wildman–Crippen MR) is 64.5 cm³/mol. The third kappa shape index (κ3) is 3.69. The maximum absolute atomic E-state index is 12.7. The fraction of sp³-hybridized carbons (Fsp3) is 0.214. The third-order valence-electron chi connectivity index (χ3n) is 2.82. The Bertz CT molecular complexity index is 620. The molecule has 0 radical (unpaired) electrons. The van der Waals surface area contributed by atoms with Crippen molar-refractivity contribution in [3.8, 4) is 0 Å². The molecule has 0 fully saturated rings. The van der Waals surface area contributed by atoms with Gasteiger partial charge in [0.2, 0.25) is 0 Å². The molecule has 0 spiro atoms. The second-order valence-electron chi connectivity index (χ2n) is 4.43. The fourth-order valence-corrected chi connectivity index (χ4v) is 1.77. The quantitative estimate of drug-likeness (QED) is 0.602. The highest BCUT2D eigenvalue weighted by Gasteiger charge is 2.36. The standard InChI is InChI=1S/C14H8F6O2/c15-13(16,17)10-5-8(6-11(7-10)14(18,19)20)1-2-9-3-4-22-12(9)21/h1-3,5-7H,4H2. The van der Waals surface area contributed by atoms with Crippen molar-refractivity contribution in [1.82, 2.24) is 0 Å². The van der Waals surface area contributed by atoms with Crippen LogP contribution in [0.3, 0.4) is 0 Å². The minimum atomic E-state index is -4.91. The average Bonchev–Trinajstić information content (AvgIpc) is 2.79. The summed E-state index contributed by atoms with van der Waals surface area (Å²) in [6, 6.07) is 1.19. The first kappa shape index (κ1) is 16.1. The number of carbonyl (C=O) groups excluding carboxylic acids is 1. The first-order valence-electron chi connectivity index (χ1n) is 5.92. The van der Waals surface area contributed by atoms with Gasteiger partial charge in [-0.2, -0.15) is 26.3 Å². The molecule has 0 atom stereocenters. The summed E-state index contributed by atoms with van der Waals surface area (Å²) in [7, 11) is 0. The molecular weight excluding hydrogens is 314 g/mol. The van der Waals surface area contributed by atoms with Gasteiger partial charge in [-0.05, 0) is 35.9 Å². The van der Waals surface area contributed by atoms with Gasteiger partial charge in [-0.3, -0.25) is 0 Å². The zero-order chi connectivity index (χ0) is 16.5. The van der Waals surface area contributed by atoms with Gasteiger partial charge in [0.15, 0.2) is 0 Å². The molecule has 1 aliphatic heterocycles. The third-order valence-corrected chi connectivity index (χ3v) is 2.82. The molecule has 0 amide bonds. The molecule has 2 nitrogen and oxygen atoms in total. The monoisotopic (exact) mass is 322 g/mol. The minimum Gasteiger partial charge on any atom is -0.458 e. The molecule has 118 valence electrons. The molecule has 1 aliphatic rings. The highest BCUT2D eigenvalue weighted by atomic mass is 19.4. The Morgan fingerprint density at radius 1 is 0.909 bits per heavy atom. The summed E-state index contributed by atoms with van der Waals surface area (Å²) in [5, 5.41) is 0. The van der Waals surface area contributed by atoms with Crippen LogP contribution in [0.25, 0.3) is 6.08 Å². The van der Waals surface area contributed by atoms with Crippen LogP contribution in [0.2, 0.25) is 0 Å². The number of hydrogen-bond acceptors (Lipinski definition) is 2. The largest absolute Gasteiger partial charge is 0.458 e. The minimum absolute atomic E-state index is 0.0227. The number of halogens is 6. The number of rotatable bonds is 2. The molecule has 0 aliphatic carbocycles. The smallest absolute Gasteiger partial charge is 0.416 e. The number of ether oxygens (including phenoxy) is 1. The van der Waals surface area contributed by atoms with Gasteiger partial charge in [-0.25, -0.2) is 4.79 Å². The zero-order valence-electron chi connectivity index (χ0n) is 10.8. The zero-order valence-corrected chi connectivity index (χ0v) is 10.8. The van der Waals surface area contributed by atoms with Gasteiger partial charge in [-0.1, -0.05) is 6.08 Å². The Kier molecular flexibility index (Phi) is 4.04. The van der Waals surface area contributed by atoms with E-state index in [1.54, 1.807) is 0 Å². The van der Waals surface area contributed by atoms with E-state index in [4.69, 9.17) is 0 Å². The molecule has 0 saturated carbocycles.